The normalized spacial score (nSPS) is 10.4. The van der Waals surface area contributed by atoms with Gasteiger partial charge in [-0.1, -0.05) is 18.2 Å². The van der Waals surface area contributed by atoms with Crippen molar-refractivity contribution in [3.05, 3.63) is 56.7 Å². The number of ether oxygens (including phenoxy) is 1. The van der Waals surface area contributed by atoms with E-state index in [1.165, 1.54) is 3.57 Å². The van der Waals surface area contributed by atoms with Crippen molar-refractivity contribution in [1.82, 2.24) is 0 Å². The molecule has 0 saturated carbocycles. The van der Waals surface area contributed by atoms with Crippen LogP contribution in [0.1, 0.15) is 16.7 Å². The van der Waals surface area contributed by atoms with Crippen LogP contribution < -0.4 is 10.5 Å². The van der Waals surface area contributed by atoms with Crippen LogP contribution in [0.25, 0.3) is 0 Å². The molecule has 0 amide bonds. The lowest BCUT2D eigenvalue weighted by Gasteiger charge is -2.11. The van der Waals surface area contributed by atoms with Crippen molar-refractivity contribution in [1.29, 1.82) is 0 Å². The number of hydrogen-bond donors (Lipinski definition) is 1. The largest absolute Gasteiger partial charge is 0.489 e. The van der Waals surface area contributed by atoms with Crippen molar-refractivity contribution in [3.8, 4) is 5.75 Å². The van der Waals surface area contributed by atoms with Crippen molar-refractivity contribution in [2.45, 2.75) is 20.5 Å². The fraction of sp³-hybridized carbons (Fsp3) is 0.200. The maximum atomic E-state index is 5.90. The first kappa shape index (κ1) is 13.2. The third kappa shape index (κ3) is 3.16. The van der Waals surface area contributed by atoms with Crippen LogP contribution in [0.5, 0.6) is 5.75 Å². The number of aryl methyl sites for hydroxylation is 2. The van der Waals surface area contributed by atoms with E-state index in [2.05, 4.69) is 52.9 Å². The van der Waals surface area contributed by atoms with Gasteiger partial charge in [-0.15, -0.1) is 0 Å². The molecule has 0 spiro atoms. The maximum absolute atomic E-state index is 5.90. The Hall–Kier alpha value is -1.23. The van der Waals surface area contributed by atoms with Crippen LogP contribution in [0.4, 0.5) is 5.69 Å². The first-order valence-corrected chi connectivity index (χ1v) is 6.88. The molecular formula is C15H16INO. The molecular weight excluding hydrogens is 337 g/mol. The number of halogens is 1. The fourth-order valence-electron chi connectivity index (χ4n) is 1.75. The van der Waals surface area contributed by atoms with Gasteiger partial charge in [-0.05, 0) is 65.3 Å². The van der Waals surface area contributed by atoms with Gasteiger partial charge in [-0.25, -0.2) is 0 Å². The Balaban J connectivity index is 2.10. The molecule has 0 aliphatic rings. The standard InChI is InChI=1S/C15H16INO/c1-10-7-11(2)15(8-14(10)17)18-9-12-3-5-13(16)6-4-12/h3-8H,9,17H2,1-2H3. The molecule has 0 radical (unpaired) electrons. The van der Waals surface area contributed by atoms with Gasteiger partial charge in [0, 0.05) is 15.3 Å². The highest BCUT2D eigenvalue weighted by Crippen LogP contribution is 2.25. The summed E-state index contributed by atoms with van der Waals surface area (Å²) in [7, 11) is 0. The van der Waals surface area contributed by atoms with Crippen LogP contribution in [-0.2, 0) is 6.61 Å². The second-order valence-corrected chi connectivity index (χ2v) is 5.64. The van der Waals surface area contributed by atoms with E-state index >= 15 is 0 Å². The van der Waals surface area contributed by atoms with Gasteiger partial charge in [0.15, 0.2) is 0 Å². The van der Waals surface area contributed by atoms with E-state index in [4.69, 9.17) is 10.5 Å². The van der Waals surface area contributed by atoms with Crippen LogP contribution in [0, 0.1) is 17.4 Å². The molecule has 0 saturated heterocycles. The molecule has 0 atom stereocenters. The van der Waals surface area contributed by atoms with E-state index in [-0.39, 0.29) is 0 Å². The zero-order valence-electron chi connectivity index (χ0n) is 10.5. The molecule has 0 aromatic heterocycles. The average molecular weight is 353 g/mol. The van der Waals surface area contributed by atoms with Crippen LogP contribution in [-0.4, -0.2) is 0 Å². The van der Waals surface area contributed by atoms with Crippen LogP contribution >= 0.6 is 22.6 Å². The van der Waals surface area contributed by atoms with E-state index < -0.39 is 0 Å². The second-order valence-electron chi connectivity index (χ2n) is 4.39. The van der Waals surface area contributed by atoms with Gasteiger partial charge in [-0.3, -0.25) is 0 Å². The van der Waals surface area contributed by atoms with Gasteiger partial charge in [0.05, 0.1) is 0 Å². The van der Waals surface area contributed by atoms with E-state index in [0.717, 1.165) is 28.1 Å². The summed E-state index contributed by atoms with van der Waals surface area (Å²) in [6.45, 7) is 4.61. The highest BCUT2D eigenvalue weighted by Gasteiger charge is 2.04. The summed E-state index contributed by atoms with van der Waals surface area (Å²) in [5, 5.41) is 0. The number of anilines is 1. The number of nitrogen functional groups attached to an aromatic ring is 1. The van der Waals surface area contributed by atoms with Gasteiger partial charge in [0.25, 0.3) is 0 Å². The molecule has 2 rings (SSSR count). The van der Waals surface area contributed by atoms with Gasteiger partial charge in [0.1, 0.15) is 12.4 Å². The third-order valence-corrected chi connectivity index (χ3v) is 3.59. The SMILES string of the molecule is Cc1cc(C)c(OCc2ccc(I)cc2)cc1N. The first-order valence-electron chi connectivity index (χ1n) is 5.80. The molecule has 0 fully saturated rings. The highest BCUT2D eigenvalue weighted by molar-refractivity contribution is 14.1. The minimum atomic E-state index is 0.570. The molecule has 2 nitrogen and oxygen atoms in total. The van der Waals surface area contributed by atoms with Crippen LogP contribution in [0.3, 0.4) is 0 Å². The summed E-state index contributed by atoms with van der Waals surface area (Å²) in [4.78, 5) is 0. The number of nitrogens with two attached hydrogens (primary N) is 1. The van der Waals surface area contributed by atoms with Crippen molar-refractivity contribution in [2.24, 2.45) is 0 Å². The van der Waals surface area contributed by atoms with Crippen LogP contribution in [0.15, 0.2) is 36.4 Å². The monoisotopic (exact) mass is 353 g/mol. The molecule has 0 unspecified atom stereocenters. The lowest BCUT2D eigenvalue weighted by molar-refractivity contribution is 0.304. The van der Waals surface area contributed by atoms with E-state index in [9.17, 15) is 0 Å². The summed E-state index contributed by atoms with van der Waals surface area (Å²) < 4.78 is 7.04. The van der Waals surface area contributed by atoms with Gasteiger partial charge < -0.3 is 10.5 Å². The molecule has 0 bridgehead atoms. The quantitative estimate of drug-likeness (QED) is 0.667. The predicted molar refractivity (Wildman–Crippen MR) is 83.8 cm³/mol. The topological polar surface area (TPSA) is 35.2 Å². The maximum Gasteiger partial charge on any atom is 0.124 e. The number of benzene rings is 2. The van der Waals surface area contributed by atoms with Gasteiger partial charge in [0.2, 0.25) is 0 Å². The molecule has 94 valence electrons. The zero-order valence-corrected chi connectivity index (χ0v) is 12.7. The van der Waals surface area contributed by atoms with Gasteiger partial charge >= 0.3 is 0 Å². The second kappa shape index (κ2) is 5.61. The minimum Gasteiger partial charge on any atom is -0.489 e. The minimum absolute atomic E-state index is 0.570. The Morgan fingerprint density at radius 2 is 1.72 bits per heavy atom. The van der Waals surface area contributed by atoms with Crippen molar-refractivity contribution in [2.75, 3.05) is 5.73 Å². The molecule has 2 aromatic rings. The molecule has 2 aromatic carbocycles. The summed E-state index contributed by atoms with van der Waals surface area (Å²) in [5.74, 6) is 0.858. The first-order chi connectivity index (χ1) is 8.56. The number of hydrogen-bond acceptors (Lipinski definition) is 2. The summed E-state index contributed by atoms with van der Waals surface area (Å²) >= 11 is 2.29. The summed E-state index contributed by atoms with van der Waals surface area (Å²) in [5.41, 5.74) is 10.0. The summed E-state index contributed by atoms with van der Waals surface area (Å²) in [6.07, 6.45) is 0. The Morgan fingerprint density at radius 1 is 1.06 bits per heavy atom. The van der Waals surface area contributed by atoms with Crippen molar-refractivity contribution in [3.63, 3.8) is 0 Å². The zero-order chi connectivity index (χ0) is 13.1. The lowest BCUT2D eigenvalue weighted by Crippen LogP contribution is -1.99. The van der Waals surface area contributed by atoms with Gasteiger partial charge in [-0.2, -0.15) is 0 Å². The molecule has 18 heavy (non-hydrogen) atoms. The van der Waals surface area contributed by atoms with E-state index in [1.807, 2.05) is 19.9 Å². The van der Waals surface area contributed by atoms with E-state index in [0.29, 0.717) is 6.61 Å². The molecule has 0 heterocycles. The average Bonchev–Trinajstić information content (AvgIpc) is 2.34. The summed E-state index contributed by atoms with van der Waals surface area (Å²) in [6, 6.07) is 12.3. The molecule has 0 aliphatic heterocycles. The van der Waals surface area contributed by atoms with E-state index in [1.54, 1.807) is 0 Å². The Bertz CT molecular complexity index is 549. The van der Waals surface area contributed by atoms with Crippen LogP contribution in [0.2, 0.25) is 0 Å². The lowest BCUT2D eigenvalue weighted by atomic mass is 10.1. The number of rotatable bonds is 3. The molecule has 2 N–H and O–H groups in total. The molecule has 3 heteroatoms. The third-order valence-electron chi connectivity index (χ3n) is 2.87. The Kier molecular flexibility index (Phi) is 4.11. The fourth-order valence-corrected chi connectivity index (χ4v) is 2.10. The van der Waals surface area contributed by atoms with Crippen molar-refractivity contribution >= 4 is 28.3 Å². The highest BCUT2D eigenvalue weighted by atomic mass is 127. The smallest absolute Gasteiger partial charge is 0.124 e. The predicted octanol–water partition coefficient (Wildman–Crippen LogP) is 4.07. The Labute approximate surface area is 121 Å². The molecule has 0 aliphatic carbocycles. The van der Waals surface area contributed by atoms with Crippen molar-refractivity contribution < 1.29 is 4.74 Å². The Morgan fingerprint density at radius 3 is 2.39 bits per heavy atom.